The molecule has 0 radical (unpaired) electrons. The van der Waals surface area contributed by atoms with Gasteiger partial charge in [0.05, 0.1) is 37.0 Å². The summed E-state index contributed by atoms with van der Waals surface area (Å²) >= 11 is 0. The molecule has 0 aromatic heterocycles. The van der Waals surface area contributed by atoms with Crippen LogP contribution in [0.5, 0.6) is 17.2 Å². The SMILES string of the molecule is CCOc1ccc(C(=O)O[C@@H](C)C(=O)Nc2cc([N+](=O)[O-])ccc2OC)cc1OC. The molecule has 160 valence electrons. The second kappa shape index (κ2) is 10.1. The van der Waals surface area contributed by atoms with Crippen LogP contribution < -0.4 is 19.5 Å². The number of amides is 1. The Morgan fingerprint density at radius 1 is 1.07 bits per heavy atom. The van der Waals surface area contributed by atoms with Crippen LogP contribution in [0.3, 0.4) is 0 Å². The molecule has 0 aliphatic heterocycles. The van der Waals surface area contributed by atoms with E-state index >= 15 is 0 Å². The number of anilines is 1. The number of nitro benzene ring substituents is 1. The van der Waals surface area contributed by atoms with Crippen LogP contribution in [0.2, 0.25) is 0 Å². The molecule has 0 aliphatic rings. The predicted molar refractivity (Wildman–Crippen MR) is 107 cm³/mol. The van der Waals surface area contributed by atoms with E-state index in [0.29, 0.717) is 18.1 Å². The van der Waals surface area contributed by atoms with Gasteiger partial charge in [0.1, 0.15) is 5.75 Å². The van der Waals surface area contributed by atoms with E-state index in [-0.39, 0.29) is 22.7 Å². The molecule has 2 aromatic rings. The Labute approximate surface area is 172 Å². The van der Waals surface area contributed by atoms with Crippen molar-refractivity contribution in [2.75, 3.05) is 26.1 Å². The summed E-state index contributed by atoms with van der Waals surface area (Å²) in [5, 5.41) is 13.4. The number of nitrogens with zero attached hydrogens (tertiary/aromatic N) is 1. The normalized spacial score (nSPS) is 11.2. The van der Waals surface area contributed by atoms with Crippen molar-refractivity contribution in [1.29, 1.82) is 0 Å². The number of non-ortho nitro benzene ring substituents is 1. The van der Waals surface area contributed by atoms with Gasteiger partial charge in [-0.25, -0.2) is 4.79 Å². The highest BCUT2D eigenvalue weighted by molar-refractivity contribution is 5.98. The van der Waals surface area contributed by atoms with E-state index in [0.717, 1.165) is 6.07 Å². The molecule has 0 spiro atoms. The second-order valence-electron chi connectivity index (χ2n) is 5.98. The molecule has 0 heterocycles. The van der Waals surface area contributed by atoms with Crippen LogP contribution in [0.4, 0.5) is 11.4 Å². The third-order valence-electron chi connectivity index (χ3n) is 4.00. The molecule has 10 nitrogen and oxygen atoms in total. The highest BCUT2D eigenvalue weighted by atomic mass is 16.6. The second-order valence-corrected chi connectivity index (χ2v) is 5.98. The zero-order valence-corrected chi connectivity index (χ0v) is 17.0. The lowest BCUT2D eigenvalue weighted by Gasteiger charge is -2.16. The summed E-state index contributed by atoms with van der Waals surface area (Å²) in [5.74, 6) is -0.376. The van der Waals surface area contributed by atoms with E-state index in [1.165, 1.54) is 45.4 Å². The van der Waals surface area contributed by atoms with Crippen molar-refractivity contribution < 1.29 is 33.5 Å². The molecular weight excluding hydrogens is 396 g/mol. The van der Waals surface area contributed by atoms with E-state index in [1.807, 2.05) is 6.92 Å². The van der Waals surface area contributed by atoms with Crippen LogP contribution in [0.25, 0.3) is 0 Å². The molecule has 0 saturated heterocycles. The van der Waals surface area contributed by atoms with Crippen molar-refractivity contribution in [1.82, 2.24) is 0 Å². The molecule has 1 atom stereocenters. The Bertz CT molecular complexity index is 944. The number of rotatable bonds is 9. The van der Waals surface area contributed by atoms with Gasteiger partial charge in [-0.2, -0.15) is 0 Å². The molecule has 1 amide bonds. The predicted octanol–water partition coefficient (Wildman–Crippen LogP) is 3.19. The van der Waals surface area contributed by atoms with Gasteiger partial charge in [-0.3, -0.25) is 14.9 Å². The highest BCUT2D eigenvalue weighted by Gasteiger charge is 2.22. The van der Waals surface area contributed by atoms with Gasteiger partial charge in [0, 0.05) is 12.1 Å². The van der Waals surface area contributed by atoms with Gasteiger partial charge < -0.3 is 24.3 Å². The molecule has 0 unspecified atom stereocenters. The molecule has 0 bridgehead atoms. The molecule has 0 saturated carbocycles. The third-order valence-corrected chi connectivity index (χ3v) is 4.00. The van der Waals surface area contributed by atoms with E-state index in [1.54, 1.807) is 6.07 Å². The summed E-state index contributed by atoms with van der Waals surface area (Å²) in [6.07, 6.45) is -1.18. The minimum atomic E-state index is -1.18. The number of benzene rings is 2. The fourth-order valence-corrected chi connectivity index (χ4v) is 2.49. The quantitative estimate of drug-likeness (QED) is 0.374. The topological polar surface area (TPSA) is 126 Å². The summed E-state index contributed by atoms with van der Waals surface area (Å²) in [6, 6.07) is 8.26. The van der Waals surface area contributed by atoms with Crippen LogP contribution in [-0.2, 0) is 9.53 Å². The summed E-state index contributed by atoms with van der Waals surface area (Å²) in [6.45, 7) is 3.62. The monoisotopic (exact) mass is 418 g/mol. The fourth-order valence-electron chi connectivity index (χ4n) is 2.49. The number of hydrogen-bond acceptors (Lipinski definition) is 8. The Morgan fingerprint density at radius 3 is 2.33 bits per heavy atom. The van der Waals surface area contributed by atoms with Crippen molar-refractivity contribution in [2.45, 2.75) is 20.0 Å². The molecule has 0 fully saturated rings. The largest absolute Gasteiger partial charge is 0.495 e. The van der Waals surface area contributed by atoms with Crippen LogP contribution in [0, 0.1) is 10.1 Å². The first kappa shape index (κ1) is 22.5. The van der Waals surface area contributed by atoms with Crippen LogP contribution >= 0.6 is 0 Å². The molecule has 2 rings (SSSR count). The van der Waals surface area contributed by atoms with E-state index < -0.39 is 22.9 Å². The average molecular weight is 418 g/mol. The number of nitrogens with one attached hydrogen (secondary N) is 1. The van der Waals surface area contributed by atoms with E-state index in [2.05, 4.69) is 5.32 Å². The summed E-state index contributed by atoms with van der Waals surface area (Å²) < 4.78 is 20.9. The van der Waals surface area contributed by atoms with Crippen molar-refractivity contribution in [3.63, 3.8) is 0 Å². The first-order valence-electron chi connectivity index (χ1n) is 8.95. The summed E-state index contributed by atoms with van der Waals surface area (Å²) in [4.78, 5) is 35.2. The number of esters is 1. The van der Waals surface area contributed by atoms with Crippen molar-refractivity contribution >= 4 is 23.3 Å². The Morgan fingerprint density at radius 2 is 1.73 bits per heavy atom. The van der Waals surface area contributed by atoms with Crippen molar-refractivity contribution in [3.05, 3.63) is 52.1 Å². The van der Waals surface area contributed by atoms with E-state index in [4.69, 9.17) is 18.9 Å². The summed E-state index contributed by atoms with van der Waals surface area (Å²) in [7, 11) is 2.80. The number of methoxy groups -OCH3 is 2. The summed E-state index contributed by atoms with van der Waals surface area (Å²) in [5.41, 5.74) is 0.0300. The zero-order chi connectivity index (χ0) is 22.3. The first-order chi connectivity index (χ1) is 14.3. The lowest BCUT2D eigenvalue weighted by molar-refractivity contribution is -0.384. The highest BCUT2D eigenvalue weighted by Crippen LogP contribution is 2.30. The lowest BCUT2D eigenvalue weighted by atomic mass is 10.2. The van der Waals surface area contributed by atoms with Crippen LogP contribution in [0.15, 0.2) is 36.4 Å². The minimum absolute atomic E-state index is 0.0855. The number of hydrogen-bond donors (Lipinski definition) is 1. The Kier molecular flexibility index (Phi) is 7.56. The van der Waals surface area contributed by atoms with Gasteiger partial charge >= 0.3 is 5.97 Å². The van der Waals surface area contributed by atoms with Gasteiger partial charge in [-0.15, -0.1) is 0 Å². The van der Waals surface area contributed by atoms with Gasteiger partial charge in [0.2, 0.25) is 0 Å². The van der Waals surface area contributed by atoms with Gasteiger partial charge in [0.15, 0.2) is 17.6 Å². The zero-order valence-electron chi connectivity index (χ0n) is 17.0. The maximum atomic E-state index is 12.4. The Hall–Kier alpha value is -3.82. The maximum absolute atomic E-state index is 12.4. The number of ether oxygens (including phenoxy) is 4. The van der Waals surface area contributed by atoms with Gasteiger partial charge in [-0.1, -0.05) is 0 Å². The first-order valence-corrected chi connectivity index (χ1v) is 8.95. The number of nitro groups is 1. The average Bonchev–Trinajstić information content (AvgIpc) is 2.73. The Balaban J connectivity index is 2.11. The minimum Gasteiger partial charge on any atom is -0.495 e. The fraction of sp³-hybridized carbons (Fsp3) is 0.300. The van der Waals surface area contributed by atoms with E-state index in [9.17, 15) is 19.7 Å². The maximum Gasteiger partial charge on any atom is 0.339 e. The smallest absolute Gasteiger partial charge is 0.339 e. The molecule has 0 aliphatic carbocycles. The molecule has 1 N–H and O–H groups in total. The lowest BCUT2D eigenvalue weighted by Crippen LogP contribution is -2.30. The van der Waals surface area contributed by atoms with Gasteiger partial charge in [-0.05, 0) is 38.1 Å². The molecule has 2 aromatic carbocycles. The van der Waals surface area contributed by atoms with Crippen LogP contribution in [-0.4, -0.2) is 43.7 Å². The number of carbonyl (C=O) groups is 2. The molecule has 30 heavy (non-hydrogen) atoms. The third kappa shape index (κ3) is 5.37. The molecule has 10 heteroatoms. The molecular formula is C20H22N2O8. The van der Waals surface area contributed by atoms with Gasteiger partial charge in [0.25, 0.3) is 11.6 Å². The standard InChI is InChI=1S/C20H22N2O8/c1-5-29-17-8-6-13(10-18(17)28-4)20(24)30-12(2)19(23)21-15-11-14(22(25)26)7-9-16(15)27-3/h6-12H,5H2,1-4H3,(H,21,23)/t12-/m0/s1. The van der Waals surface area contributed by atoms with Crippen molar-refractivity contribution in [2.24, 2.45) is 0 Å². The van der Waals surface area contributed by atoms with Crippen molar-refractivity contribution in [3.8, 4) is 17.2 Å². The number of carbonyl (C=O) groups excluding carboxylic acids is 2. The van der Waals surface area contributed by atoms with Crippen LogP contribution in [0.1, 0.15) is 24.2 Å².